The number of halogens is 5. The monoisotopic (exact) mass is 442 g/mol. The van der Waals surface area contributed by atoms with Crippen LogP contribution < -0.4 is 14.8 Å². The van der Waals surface area contributed by atoms with Crippen molar-refractivity contribution < 1.29 is 27.0 Å². The van der Waals surface area contributed by atoms with Crippen LogP contribution in [0.3, 0.4) is 0 Å². The number of nitrogens with zero attached hydrogens (tertiary/aromatic N) is 1. The van der Waals surface area contributed by atoms with Crippen molar-refractivity contribution in [2.45, 2.75) is 38.1 Å². The predicted octanol–water partition coefficient (Wildman–Crippen LogP) is 5.24. The molecular weight excluding hydrogens is 424 g/mol. The van der Waals surface area contributed by atoms with Gasteiger partial charge in [-0.3, -0.25) is 4.98 Å². The van der Waals surface area contributed by atoms with Crippen LogP contribution in [0.5, 0.6) is 11.5 Å². The van der Waals surface area contributed by atoms with Crippen LogP contribution in [0, 0.1) is 11.6 Å². The lowest BCUT2D eigenvalue weighted by Crippen LogP contribution is -2.46. The number of aromatic nitrogens is 1. The molecule has 0 spiro atoms. The average Bonchev–Trinajstić information content (AvgIpc) is 2.66. The van der Waals surface area contributed by atoms with Crippen LogP contribution in [0.4, 0.5) is 17.6 Å². The summed E-state index contributed by atoms with van der Waals surface area (Å²) in [5, 5.41) is 5.01. The van der Waals surface area contributed by atoms with Gasteiger partial charge in [0.2, 0.25) is 0 Å². The Morgan fingerprint density at radius 3 is 2.60 bits per heavy atom. The molecule has 3 aromatic rings. The van der Waals surface area contributed by atoms with Gasteiger partial charge >= 0.3 is 6.61 Å². The summed E-state index contributed by atoms with van der Waals surface area (Å²) in [7, 11) is 0. The van der Waals surface area contributed by atoms with Gasteiger partial charge < -0.3 is 14.8 Å². The summed E-state index contributed by atoms with van der Waals surface area (Å²) in [5.74, 6) is -1.45. The van der Waals surface area contributed by atoms with Gasteiger partial charge in [-0.1, -0.05) is 0 Å². The molecule has 1 fully saturated rings. The van der Waals surface area contributed by atoms with E-state index in [1.54, 1.807) is 24.5 Å². The molecule has 1 aliphatic carbocycles. The molecule has 0 amide bonds. The van der Waals surface area contributed by atoms with E-state index >= 15 is 0 Å². The van der Waals surface area contributed by atoms with Gasteiger partial charge in [0.25, 0.3) is 0 Å². The maximum atomic E-state index is 14.2. The van der Waals surface area contributed by atoms with E-state index in [1.807, 2.05) is 0 Å². The van der Waals surface area contributed by atoms with Crippen molar-refractivity contribution in [1.82, 2.24) is 10.3 Å². The van der Waals surface area contributed by atoms with E-state index in [0.29, 0.717) is 24.9 Å². The number of pyridine rings is 1. The van der Waals surface area contributed by atoms with Crippen LogP contribution >= 0.6 is 12.4 Å². The maximum absolute atomic E-state index is 14.2. The number of rotatable bonds is 7. The van der Waals surface area contributed by atoms with Crippen LogP contribution in [0.1, 0.15) is 18.4 Å². The van der Waals surface area contributed by atoms with Crippen LogP contribution in [0.25, 0.3) is 10.8 Å². The number of hydrogen-bond donors (Lipinski definition) is 1. The molecule has 0 unspecified atom stereocenters. The second-order valence-corrected chi connectivity index (χ2v) is 6.88. The molecule has 2 aromatic carbocycles. The van der Waals surface area contributed by atoms with Crippen molar-refractivity contribution in [3.05, 3.63) is 66.0 Å². The predicted molar refractivity (Wildman–Crippen MR) is 106 cm³/mol. The van der Waals surface area contributed by atoms with Gasteiger partial charge in [-0.25, -0.2) is 8.78 Å². The SMILES string of the molecule is Cl.Fc1cc(OC2CC(NCc3c(F)ccc4cnccc34)C2)ccc1OC(F)F. The Balaban J connectivity index is 0.00000256. The molecule has 1 aromatic heterocycles. The molecule has 1 heterocycles. The zero-order valence-electron chi connectivity index (χ0n) is 15.7. The number of alkyl halides is 2. The van der Waals surface area contributed by atoms with E-state index in [2.05, 4.69) is 15.0 Å². The fourth-order valence-corrected chi connectivity index (χ4v) is 3.40. The van der Waals surface area contributed by atoms with Crippen molar-refractivity contribution in [2.75, 3.05) is 0 Å². The standard InChI is InChI=1S/C21H18F4N2O2.ClH/c22-18-3-1-12-10-26-6-5-16(12)17(18)11-27-13-7-15(8-13)28-14-2-4-20(19(23)9-14)29-21(24)25;/h1-6,9-10,13,15,21,27H,7-8,11H2;1H. The summed E-state index contributed by atoms with van der Waals surface area (Å²) in [4.78, 5) is 4.05. The second kappa shape index (κ2) is 9.49. The number of hydrogen-bond acceptors (Lipinski definition) is 4. The Morgan fingerprint density at radius 2 is 1.87 bits per heavy atom. The summed E-state index contributed by atoms with van der Waals surface area (Å²) in [6, 6.07) is 8.60. The van der Waals surface area contributed by atoms with Gasteiger partial charge in [-0.15, -0.1) is 12.4 Å². The number of ether oxygens (including phenoxy) is 2. The number of benzene rings is 2. The molecule has 4 rings (SSSR count). The van der Waals surface area contributed by atoms with Gasteiger partial charge in [0.05, 0.1) is 0 Å². The molecule has 4 nitrogen and oxygen atoms in total. The lowest BCUT2D eigenvalue weighted by molar-refractivity contribution is -0.0522. The molecule has 30 heavy (non-hydrogen) atoms. The van der Waals surface area contributed by atoms with E-state index in [-0.39, 0.29) is 36.1 Å². The Labute approximate surface area is 176 Å². The highest BCUT2D eigenvalue weighted by Gasteiger charge is 2.31. The third-order valence-electron chi connectivity index (χ3n) is 4.96. The smallest absolute Gasteiger partial charge is 0.387 e. The van der Waals surface area contributed by atoms with Crippen molar-refractivity contribution in [3.63, 3.8) is 0 Å². The first-order valence-electron chi connectivity index (χ1n) is 9.15. The van der Waals surface area contributed by atoms with E-state index in [4.69, 9.17) is 4.74 Å². The summed E-state index contributed by atoms with van der Waals surface area (Å²) in [5.41, 5.74) is 0.589. The Hall–Kier alpha value is -2.58. The summed E-state index contributed by atoms with van der Waals surface area (Å²) in [6.45, 7) is -2.71. The number of nitrogens with one attached hydrogen (secondary N) is 1. The highest BCUT2D eigenvalue weighted by molar-refractivity contribution is 5.85. The molecule has 160 valence electrons. The first-order chi connectivity index (χ1) is 14.0. The Kier molecular flexibility index (Phi) is 6.99. The summed E-state index contributed by atoms with van der Waals surface area (Å²) in [6.07, 6.45) is 4.54. The van der Waals surface area contributed by atoms with Gasteiger partial charge in [-0.05, 0) is 48.6 Å². The van der Waals surface area contributed by atoms with Crippen molar-refractivity contribution in [3.8, 4) is 11.5 Å². The minimum absolute atomic E-state index is 0. The van der Waals surface area contributed by atoms with E-state index in [1.165, 1.54) is 12.1 Å². The van der Waals surface area contributed by atoms with Crippen LogP contribution in [-0.2, 0) is 6.54 Å². The van der Waals surface area contributed by atoms with Crippen molar-refractivity contribution in [2.24, 2.45) is 0 Å². The van der Waals surface area contributed by atoms with E-state index in [0.717, 1.165) is 22.9 Å². The van der Waals surface area contributed by atoms with Gasteiger partial charge in [-0.2, -0.15) is 8.78 Å². The van der Waals surface area contributed by atoms with Crippen molar-refractivity contribution in [1.29, 1.82) is 0 Å². The van der Waals surface area contributed by atoms with Gasteiger partial charge in [0, 0.05) is 42.0 Å². The molecule has 0 aliphatic heterocycles. The van der Waals surface area contributed by atoms with Gasteiger partial charge in [0.1, 0.15) is 17.7 Å². The lowest BCUT2D eigenvalue weighted by atomic mass is 9.89. The third-order valence-corrected chi connectivity index (χ3v) is 4.96. The second-order valence-electron chi connectivity index (χ2n) is 6.88. The Bertz CT molecular complexity index is 1020. The zero-order chi connectivity index (χ0) is 20.4. The average molecular weight is 443 g/mol. The molecule has 1 aliphatic rings. The highest BCUT2D eigenvalue weighted by Crippen LogP contribution is 2.30. The maximum Gasteiger partial charge on any atom is 0.387 e. The van der Waals surface area contributed by atoms with Crippen LogP contribution in [-0.4, -0.2) is 23.7 Å². The lowest BCUT2D eigenvalue weighted by Gasteiger charge is -2.36. The molecule has 0 bridgehead atoms. The quantitative estimate of drug-likeness (QED) is 0.508. The van der Waals surface area contributed by atoms with Crippen LogP contribution in [0.2, 0.25) is 0 Å². The number of fused-ring (bicyclic) bond motifs is 1. The minimum atomic E-state index is -3.09. The first kappa shape index (κ1) is 22.1. The zero-order valence-corrected chi connectivity index (χ0v) is 16.5. The van der Waals surface area contributed by atoms with Crippen molar-refractivity contribution >= 4 is 23.2 Å². The fourth-order valence-electron chi connectivity index (χ4n) is 3.40. The largest absolute Gasteiger partial charge is 0.490 e. The molecule has 9 heteroatoms. The minimum Gasteiger partial charge on any atom is -0.490 e. The molecule has 1 saturated carbocycles. The van der Waals surface area contributed by atoms with E-state index in [9.17, 15) is 17.6 Å². The third kappa shape index (κ3) is 4.94. The molecule has 0 radical (unpaired) electrons. The highest BCUT2D eigenvalue weighted by atomic mass is 35.5. The summed E-state index contributed by atoms with van der Waals surface area (Å²) >= 11 is 0. The fraction of sp³-hybridized carbons (Fsp3) is 0.286. The normalized spacial score (nSPS) is 18.0. The Morgan fingerprint density at radius 1 is 1.07 bits per heavy atom. The molecule has 0 saturated heterocycles. The van der Waals surface area contributed by atoms with Crippen LogP contribution in [0.15, 0.2) is 48.8 Å². The topological polar surface area (TPSA) is 43.4 Å². The molecule has 0 atom stereocenters. The van der Waals surface area contributed by atoms with Gasteiger partial charge in [0.15, 0.2) is 11.6 Å². The van der Waals surface area contributed by atoms with E-state index < -0.39 is 18.2 Å². The summed E-state index contributed by atoms with van der Waals surface area (Å²) < 4.78 is 62.0. The molecular formula is C21H19ClF4N2O2. The first-order valence-corrected chi connectivity index (χ1v) is 9.15. The molecule has 1 N–H and O–H groups in total.